The van der Waals surface area contributed by atoms with Crippen molar-refractivity contribution in [1.82, 2.24) is 8.80 Å². The van der Waals surface area contributed by atoms with Gasteiger partial charge in [-0.25, -0.2) is 0 Å². The van der Waals surface area contributed by atoms with Gasteiger partial charge in [-0.2, -0.15) is 0 Å². The van der Waals surface area contributed by atoms with Crippen LogP contribution in [0.1, 0.15) is 0 Å². The van der Waals surface area contributed by atoms with Gasteiger partial charge in [0.2, 0.25) is 0 Å². The molecule has 2 heteroatoms. The zero-order valence-corrected chi connectivity index (χ0v) is 23.8. The SMILES string of the molecule is c1ccc(-c2ccc3c(c2)c2cccc4c5cccc(-c6cccc7c6c6cccc8c9ccccc9n7c86)c5n3c24)cc1. The van der Waals surface area contributed by atoms with Crippen molar-refractivity contribution in [2.24, 2.45) is 0 Å². The number of fused-ring (bicyclic) bond motifs is 12. The lowest BCUT2D eigenvalue weighted by Gasteiger charge is -2.10. The third-order valence-corrected chi connectivity index (χ3v) is 9.98. The molecule has 0 saturated carbocycles. The van der Waals surface area contributed by atoms with E-state index in [0.717, 1.165) is 0 Å². The van der Waals surface area contributed by atoms with Crippen LogP contribution < -0.4 is 0 Å². The molecule has 11 aromatic rings. The Morgan fingerprint density at radius 2 is 0.864 bits per heavy atom. The first-order valence-corrected chi connectivity index (χ1v) is 15.3. The van der Waals surface area contributed by atoms with E-state index in [9.17, 15) is 0 Å². The van der Waals surface area contributed by atoms with Crippen molar-refractivity contribution in [1.29, 1.82) is 0 Å². The normalized spacial score (nSPS) is 12.5. The average molecular weight is 557 g/mol. The van der Waals surface area contributed by atoms with E-state index < -0.39 is 0 Å². The highest BCUT2D eigenvalue weighted by Crippen LogP contribution is 2.47. The van der Waals surface area contributed by atoms with Gasteiger partial charge >= 0.3 is 0 Å². The number of benzene rings is 7. The number of hydrogen-bond acceptors (Lipinski definition) is 0. The Kier molecular flexibility index (Phi) is 4.10. The lowest BCUT2D eigenvalue weighted by atomic mass is 9.96. The smallest absolute Gasteiger partial charge is 0.0620 e. The maximum atomic E-state index is 2.53. The molecule has 0 aliphatic rings. The van der Waals surface area contributed by atoms with Gasteiger partial charge < -0.3 is 8.80 Å². The molecule has 0 fully saturated rings. The number of hydrogen-bond donors (Lipinski definition) is 0. The molecule has 2 nitrogen and oxygen atoms in total. The summed E-state index contributed by atoms with van der Waals surface area (Å²) in [6, 6.07) is 53.8. The fourth-order valence-electron chi connectivity index (χ4n) is 8.25. The Bertz CT molecular complexity index is 2920. The van der Waals surface area contributed by atoms with Crippen LogP contribution in [-0.2, 0) is 0 Å². The van der Waals surface area contributed by atoms with Crippen LogP contribution in [-0.4, -0.2) is 8.80 Å². The van der Waals surface area contributed by atoms with Crippen LogP contribution in [0, 0.1) is 0 Å². The minimum atomic E-state index is 1.25. The van der Waals surface area contributed by atoms with Crippen molar-refractivity contribution in [2.75, 3.05) is 0 Å². The summed E-state index contributed by atoms with van der Waals surface area (Å²) in [5, 5.41) is 10.5. The lowest BCUT2D eigenvalue weighted by molar-refractivity contribution is 1.36. The van der Waals surface area contributed by atoms with Crippen LogP contribution in [0.4, 0.5) is 0 Å². The predicted octanol–water partition coefficient (Wildman–Crippen LogP) is 11.3. The molecule has 0 bridgehead atoms. The van der Waals surface area contributed by atoms with Gasteiger partial charge in [-0.3, -0.25) is 0 Å². The van der Waals surface area contributed by atoms with Crippen molar-refractivity contribution in [3.05, 3.63) is 146 Å². The van der Waals surface area contributed by atoms with Gasteiger partial charge in [0.1, 0.15) is 0 Å². The predicted molar refractivity (Wildman–Crippen MR) is 187 cm³/mol. The maximum absolute atomic E-state index is 2.53. The van der Waals surface area contributed by atoms with E-state index in [0.29, 0.717) is 0 Å². The number of para-hydroxylation sites is 4. The van der Waals surface area contributed by atoms with Crippen molar-refractivity contribution >= 4 is 76.2 Å². The topological polar surface area (TPSA) is 8.82 Å². The molecule has 0 unspecified atom stereocenters. The van der Waals surface area contributed by atoms with Crippen molar-refractivity contribution < 1.29 is 0 Å². The highest BCUT2D eigenvalue weighted by molar-refractivity contribution is 6.29. The second-order valence-electron chi connectivity index (χ2n) is 12.1. The molecule has 0 radical (unpaired) electrons. The third-order valence-electron chi connectivity index (χ3n) is 9.98. The van der Waals surface area contributed by atoms with Crippen LogP contribution in [0.5, 0.6) is 0 Å². The van der Waals surface area contributed by atoms with Crippen molar-refractivity contribution in [3.63, 3.8) is 0 Å². The highest BCUT2D eigenvalue weighted by Gasteiger charge is 2.23. The van der Waals surface area contributed by atoms with Crippen molar-refractivity contribution in [2.45, 2.75) is 0 Å². The standard InChI is InChI=1S/C42H24N2/c1-2-10-25(11-3-1)26-22-23-37-35(24-26)33-18-7-17-32-31-16-6-15-30(40(31)44(37)41(32)33)28-13-9-21-38-39(28)34-19-8-14-29-27-12-4-5-20-36(27)43(38)42(29)34/h1-24H. The molecule has 0 spiro atoms. The van der Waals surface area contributed by atoms with E-state index in [1.54, 1.807) is 0 Å². The number of rotatable bonds is 2. The van der Waals surface area contributed by atoms with E-state index in [1.807, 2.05) is 0 Å². The monoisotopic (exact) mass is 556 g/mol. The summed E-state index contributed by atoms with van der Waals surface area (Å²) in [5.74, 6) is 0. The summed E-state index contributed by atoms with van der Waals surface area (Å²) >= 11 is 0. The zero-order valence-electron chi connectivity index (χ0n) is 23.8. The molecule has 0 aliphatic heterocycles. The number of aromatic nitrogens is 2. The molecule has 11 rings (SSSR count). The van der Waals surface area contributed by atoms with Gasteiger partial charge in [0.05, 0.1) is 33.1 Å². The fraction of sp³-hybridized carbons (Fsp3) is 0. The van der Waals surface area contributed by atoms with E-state index >= 15 is 0 Å². The van der Waals surface area contributed by atoms with E-state index in [1.165, 1.54) is 98.4 Å². The Hall–Kier alpha value is -5.86. The van der Waals surface area contributed by atoms with Crippen LogP contribution in [0.25, 0.3) is 98.4 Å². The molecule has 0 aliphatic carbocycles. The molecule has 4 heterocycles. The van der Waals surface area contributed by atoms with Gasteiger partial charge in [0, 0.05) is 48.7 Å². The zero-order chi connectivity index (χ0) is 28.5. The molecule has 0 atom stereocenters. The first-order valence-electron chi connectivity index (χ1n) is 15.3. The van der Waals surface area contributed by atoms with Crippen LogP contribution in [0.15, 0.2) is 146 Å². The van der Waals surface area contributed by atoms with Crippen LogP contribution in [0.3, 0.4) is 0 Å². The molecule has 202 valence electrons. The molecule has 7 aromatic carbocycles. The van der Waals surface area contributed by atoms with Gasteiger partial charge in [-0.15, -0.1) is 0 Å². The summed E-state index contributed by atoms with van der Waals surface area (Å²) in [5.41, 5.74) is 12.7. The summed E-state index contributed by atoms with van der Waals surface area (Å²) in [6.07, 6.45) is 0. The molecule has 0 amide bonds. The third kappa shape index (κ3) is 2.63. The largest absolute Gasteiger partial charge is 0.308 e. The van der Waals surface area contributed by atoms with Gasteiger partial charge in [-0.05, 0) is 41.0 Å². The maximum Gasteiger partial charge on any atom is 0.0620 e. The van der Waals surface area contributed by atoms with E-state index in [4.69, 9.17) is 0 Å². The molecular weight excluding hydrogens is 532 g/mol. The summed E-state index contributed by atoms with van der Waals surface area (Å²) in [4.78, 5) is 0. The second kappa shape index (κ2) is 7.94. The molecule has 0 N–H and O–H groups in total. The van der Waals surface area contributed by atoms with Crippen molar-refractivity contribution in [3.8, 4) is 22.3 Å². The lowest BCUT2D eigenvalue weighted by Crippen LogP contribution is -1.88. The second-order valence-corrected chi connectivity index (χ2v) is 12.1. The molecular formula is C42H24N2. The fourth-order valence-corrected chi connectivity index (χ4v) is 8.25. The molecule has 44 heavy (non-hydrogen) atoms. The first-order chi connectivity index (χ1) is 21.9. The Morgan fingerprint density at radius 1 is 0.295 bits per heavy atom. The summed E-state index contributed by atoms with van der Waals surface area (Å²) < 4.78 is 5.01. The van der Waals surface area contributed by atoms with Crippen LogP contribution in [0.2, 0.25) is 0 Å². The Balaban J connectivity index is 1.30. The highest BCUT2D eigenvalue weighted by atomic mass is 14.9. The first kappa shape index (κ1) is 22.7. The number of nitrogens with zero attached hydrogens (tertiary/aromatic N) is 2. The minimum absolute atomic E-state index is 1.25. The quantitative estimate of drug-likeness (QED) is 0.200. The Labute approximate surface area is 252 Å². The molecule has 0 saturated heterocycles. The van der Waals surface area contributed by atoms with Gasteiger partial charge in [-0.1, -0.05) is 121 Å². The summed E-state index contributed by atoms with van der Waals surface area (Å²) in [6.45, 7) is 0. The Morgan fingerprint density at radius 3 is 1.73 bits per heavy atom. The van der Waals surface area contributed by atoms with E-state index in [-0.39, 0.29) is 0 Å². The minimum Gasteiger partial charge on any atom is -0.308 e. The summed E-state index contributed by atoms with van der Waals surface area (Å²) in [7, 11) is 0. The molecule has 4 aromatic heterocycles. The van der Waals surface area contributed by atoms with Gasteiger partial charge in [0.25, 0.3) is 0 Å². The van der Waals surface area contributed by atoms with E-state index in [2.05, 4.69) is 154 Å². The van der Waals surface area contributed by atoms with Crippen LogP contribution >= 0.6 is 0 Å². The average Bonchev–Trinajstić information content (AvgIpc) is 3.82. The van der Waals surface area contributed by atoms with Gasteiger partial charge in [0.15, 0.2) is 0 Å².